The number of anilines is 1. The SMILES string of the molecule is Cc1c(Cl)cnc(NC(=O)CSc2nnnn2-c2ccccc2)c1Cl. The Hall–Kier alpha value is -2.16. The normalized spacial score (nSPS) is 10.7. The highest BCUT2D eigenvalue weighted by Crippen LogP contribution is 2.28. The smallest absolute Gasteiger partial charge is 0.236 e. The van der Waals surface area contributed by atoms with Crippen LogP contribution >= 0.6 is 35.0 Å². The number of tetrazole rings is 1. The van der Waals surface area contributed by atoms with E-state index in [2.05, 4.69) is 25.8 Å². The van der Waals surface area contributed by atoms with Gasteiger partial charge in [0.15, 0.2) is 5.82 Å². The van der Waals surface area contributed by atoms with E-state index < -0.39 is 0 Å². The second kappa shape index (κ2) is 7.81. The molecule has 0 bridgehead atoms. The first-order valence-electron chi connectivity index (χ1n) is 7.13. The molecule has 0 saturated carbocycles. The number of pyridine rings is 1. The number of rotatable bonds is 5. The second-order valence-corrected chi connectivity index (χ2v) is 6.67. The Morgan fingerprint density at radius 2 is 2.04 bits per heavy atom. The van der Waals surface area contributed by atoms with Crippen LogP contribution in [-0.4, -0.2) is 36.9 Å². The lowest BCUT2D eigenvalue weighted by Gasteiger charge is -2.09. The maximum atomic E-state index is 12.2. The third-order valence-corrected chi connectivity index (χ3v) is 5.00. The van der Waals surface area contributed by atoms with Gasteiger partial charge in [0, 0.05) is 6.20 Å². The zero-order valence-corrected chi connectivity index (χ0v) is 15.3. The summed E-state index contributed by atoms with van der Waals surface area (Å²) in [5, 5.41) is 15.5. The van der Waals surface area contributed by atoms with E-state index in [0.717, 1.165) is 5.69 Å². The monoisotopic (exact) mass is 394 g/mol. The van der Waals surface area contributed by atoms with E-state index in [1.807, 2.05) is 30.3 Å². The zero-order chi connectivity index (χ0) is 17.8. The van der Waals surface area contributed by atoms with Gasteiger partial charge in [-0.15, -0.1) is 5.10 Å². The van der Waals surface area contributed by atoms with Crippen molar-refractivity contribution in [3.05, 3.63) is 52.1 Å². The van der Waals surface area contributed by atoms with Gasteiger partial charge in [-0.3, -0.25) is 4.79 Å². The number of hydrogen-bond donors (Lipinski definition) is 1. The molecule has 10 heteroatoms. The van der Waals surface area contributed by atoms with Crippen LogP contribution in [0.5, 0.6) is 0 Å². The van der Waals surface area contributed by atoms with Crippen molar-refractivity contribution in [2.24, 2.45) is 0 Å². The number of thioether (sulfide) groups is 1. The van der Waals surface area contributed by atoms with Gasteiger partial charge in [0.25, 0.3) is 0 Å². The van der Waals surface area contributed by atoms with Crippen LogP contribution in [0.3, 0.4) is 0 Å². The van der Waals surface area contributed by atoms with E-state index in [0.29, 0.717) is 20.8 Å². The van der Waals surface area contributed by atoms with Crippen molar-refractivity contribution < 1.29 is 4.79 Å². The number of para-hydroxylation sites is 1. The van der Waals surface area contributed by atoms with Crippen molar-refractivity contribution in [2.75, 3.05) is 11.1 Å². The summed E-state index contributed by atoms with van der Waals surface area (Å²) in [6.45, 7) is 1.75. The summed E-state index contributed by atoms with van der Waals surface area (Å²) >= 11 is 13.3. The fourth-order valence-corrected chi connectivity index (χ4v) is 3.02. The molecule has 0 aliphatic heterocycles. The molecule has 2 aromatic heterocycles. The minimum Gasteiger partial charge on any atom is -0.309 e. The quantitative estimate of drug-likeness (QED) is 0.667. The number of hydrogen-bond acceptors (Lipinski definition) is 6. The van der Waals surface area contributed by atoms with E-state index in [9.17, 15) is 4.79 Å². The Kier molecular flexibility index (Phi) is 5.52. The minimum atomic E-state index is -0.274. The van der Waals surface area contributed by atoms with Crippen molar-refractivity contribution in [3.8, 4) is 5.69 Å². The Morgan fingerprint density at radius 3 is 2.80 bits per heavy atom. The lowest BCUT2D eigenvalue weighted by molar-refractivity contribution is -0.113. The van der Waals surface area contributed by atoms with Gasteiger partial charge in [-0.25, -0.2) is 4.98 Å². The largest absolute Gasteiger partial charge is 0.309 e. The van der Waals surface area contributed by atoms with E-state index in [1.54, 1.807) is 11.6 Å². The van der Waals surface area contributed by atoms with Crippen LogP contribution in [0.2, 0.25) is 10.0 Å². The summed E-state index contributed by atoms with van der Waals surface area (Å²) < 4.78 is 1.57. The zero-order valence-electron chi connectivity index (χ0n) is 13.0. The first-order valence-corrected chi connectivity index (χ1v) is 8.87. The molecule has 3 rings (SSSR count). The van der Waals surface area contributed by atoms with Crippen molar-refractivity contribution in [2.45, 2.75) is 12.1 Å². The maximum absolute atomic E-state index is 12.2. The number of carbonyl (C=O) groups excluding carboxylic acids is 1. The average molecular weight is 395 g/mol. The summed E-state index contributed by atoms with van der Waals surface area (Å²) in [5.41, 5.74) is 1.47. The highest BCUT2D eigenvalue weighted by atomic mass is 35.5. The Morgan fingerprint density at radius 1 is 1.28 bits per heavy atom. The summed E-state index contributed by atoms with van der Waals surface area (Å²) in [4.78, 5) is 16.2. The predicted molar refractivity (Wildman–Crippen MR) is 97.5 cm³/mol. The molecule has 1 amide bonds. The first kappa shape index (κ1) is 17.7. The predicted octanol–water partition coefficient (Wildman–Crippen LogP) is 3.40. The van der Waals surface area contributed by atoms with Crippen LogP contribution in [0.1, 0.15) is 5.56 Å². The Balaban J connectivity index is 1.66. The number of nitrogens with zero attached hydrogens (tertiary/aromatic N) is 5. The second-order valence-electron chi connectivity index (χ2n) is 4.94. The van der Waals surface area contributed by atoms with E-state index in [-0.39, 0.29) is 17.5 Å². The molecule has 25 heavy (non-hydrogen) atoms. The Bertz CT molecular complexity index is 902. The summed E-state index contributed by atoms with van der Waals surface area (Å²) in [7, 11) is 0. The molecule has 0 atom stereocenters. The molecule has 0 radical (unpaired) electrons. The van der Waals surface area contributed by atoms with Gasteiger partial charge in [-0.05, 0) is 35.0 Å². The number of carbonyl (C=O) groups is 1. The maximum Gasteiger partial charge on any atom is 0.236 e. The van der Waals surface area contributed by atoms with Crippen LogP contribution in [0.4, 0.5) is 5.82 Å². The van der Waals surface area contributed by atoms with E-state index in [1.165, 1.54) is 18.0 Å². The Labute approximate surface area is 157 Å². The van der Waals surface area contributed by atoms with Crippen LogP contribution in [-0.2, 0) is 4.79 Å². The third-order valence-electron chi connectivity index (χ3n) is 3.23. The third kappa shape index (κ3) is 4.09. The lowest BCUT2D eigenvalue weighted by Crippen LogP contribution is -2.16. The van der Waals surface area contributed by atoms with Gasteiger partial charge >= 0.3 is 0 Å². The molecule has 0 aliphatic rings. The fraction of sp³-hybridized carbons (Fsp3) is 0.133. The molecular formula is C15H12Cl2N6OS. The highest BCUT2D eigenvalue weighted by Gasteiger charge is 2.14. The molecular weight excluding hydrogens is 383 g/mol. The van der Waals surface area contributed by atoms with Crippen LogP contribution in [0.25, 0.3) is 5.69 Å². The molecule has 1 N–H and O–H groups in total. The number of aromatic nitrogens is 5. The van der Waals surface area contributed by atoms with Crippen LogP contribution in [0, 0.1) is 6.92 Å². The molecule has 128 valence electrons. The molecule has 0 aliphatic carbocycles. The van der Waals surface area contributed by atoms with Crippen molar-refractivity contribution in [3.63, 3.8) is 0 Å². The molecule has 0 spiro atoms. The van der Waals surface area contributed by atoms with Gasteiger partial charge < -0.3 is 5.32 Å². The van der Waals surface area contributed by atoms with Gasteiger partial charge in [0.2, 0.25) is 11.1 Å². The van der Waals surface area contributed by atoms with Crippen molar-refractivity contribution in [1.82, 2.24) is 25.2 Å². The van der Waals surface area contributed by atoms with Crippen LogP contribution < -0.4 is 5.32 Å². The van der Waals surface area contributed by atoms with Gasteiger partial charge in [0.05, 0.1) is 21.5 Å². The molecule has 1 aromatic carbocycles. The van der Waals surface area contributed by atoms with Crippen LogP contribution in [0.15, 0.2) is 41.7 Å². The molecule has 7 nitrogen and oxygen atoms in total. The molecule has 3 aromatic rings. The highest BCUT2D eigenvalue weighted by molar-refractivity contribution is 7.99. The first-order chi connectivity index (χ1) is 12.1. The van der Waals surface area contributed by atoms with Gasteiger partial charge in [-0.2, -0.15) is 4.68 Å². The van der Waals surface area contributed by atoms with Crippen molar-refractivity contribution >= 4 is 46.7 Å². The average Bonchev–Trinajstić information content (AvgIpc) is 3.10. The van der Waals surface area contributed by atoms with E-state index in [4.69, 9.17) is 23.2 Å². The number of halogens is 2. The molecule has 2 heterocycles. The summed E-state index contributed by atoms with van der Waals surface area (Å²) in [6, 6.07) is 9.42. The lowest BCUT2D eigenvalue weighted by atomic mass is 10.3. The fourth-order valence-electron chi connectivity index (χ4n) is 1.94. The standard InChI is InChI=1S/C15H12Cl2N6OS/c1-9-11(16)7-18-14(13(9)17)19-12(24)8-25-15-20-21-22-23(15)10-5-3-2-4-6-10/h2-7H,8H2,1H3,(H,18,19,24). The number of nitrogens with one attached hydrogen (secondary N) is 1. The molecule has 0 saturated heterocycles. The topological polar surface area (TPSA) is 85.6 Å². The summed E-state index contributed by atoms with van der Waals surface area (Å²) in [5.74, 6) is 0.105. The van der Waals surface area contributed by atoms with Gasteiger partial charge in [-0.1, -0.05) is 53.2 Å². The molecule has 0 unspecified atom stereocenters. The van der Waals surface area contributed by atoms with E-state index >= 15 is 0 Å². The summed E-state index contributed by atoms with van der Waals surface area (Å²) in [6.07, 6.45) is 1.45. The molecule has 0 fully saturated rings. The number of amides is 1. The minimum absolute atomic E-state index is 0.104. The number of benzene rings is 1. The van der Waals surface area contributed by atoms with Crippen molar-refractivity contribution in [1.29, 1.82) is 0 Å². The van der Waals surface area contributed by atoms with Gasteiger partial charge in [0.1, 0.15) is 0 Å².